The summed E-state index contributed by atoms with van der Waals surface area (Å²) < 4.78 is 2.64. The molecule has 0 spiro atoms. The molecule has 0 atom stereocenters. The fraction of sp³-hybridized carbons (Fsp3) is 0.200. The number of tetrazole rings is 1. The molecular formula is C15H15N7O3. The molecule has 3 aromatic rings. The third-order valence-electron chi connectivity index (χ3n) is 3.48. The van der Waals surface area contributed by atoms with E-state index in [1.54, 1.807) is 6.92 Å². The van der Waals surface area contributed by atoms with Crippen molar-refractivity contribution in [1.29, 1.82) is 0 Å². The van der Waals surface area contributed by atoms with Crippen molar-refractivity contribution >= 4 is 5.91 Å². The fourth-order valence-electron chi connectivity index (χ4n) is 2.21. The lowest BCUT2D eigenvalue weighted by Crippen LogP contribution is -2.36. The minimum Gasteiger partial charge on any atom is -0.347 e. The second-order valence-electron chi connectivity index (χ2n) is 5.32. The van der Waals surface area contributed by atoms with Crippen LogP contribution < -0.4 is 16.6 Å². The molecule has 0 unspecified atom stereocenters. The number of para-hydroxylation sites is 1. The molecule has 0 saturated carbocycles. The van der Waals surface area contributed by atoms with Crippen LogP contribution in [-0.2, 0) is 17.9 Å². The van der Waals surface area contributed by atoms with Crippen LogP contribution in [0.2, 0.25) is 0 Å². The standard InChI is InChI=1S/C15H15N7O3/c1-10-8-21(15(25)17-14(10)24)9-13(23)16-7-12-18-19-20-22(12)11-5-3-2-4-6-11/h2-6,8H,7,9H2,1H3,(H,16,23)(H,17,24,25). The second-order valence-corrected chi connectivity index (χ2v) is 5.32. The average molecular weight is 341 g/mol. The lowest BCUT2D eigenvalue weighted by Gasteiger charge is -2.08. The van der Waals surface area contributed by atoms with Crippen LogP contribution >= 0.6 is 0 Å². The van der Waals surface area contributed by atoms with Gasteiger partial charge in [-0.25, -0.2) is 4.79 Å². The number of amides is 1. The monoisotopic (exact) mass is 341 g/mol. The van der Waals surface area contributed by atoms with Crippen molar-refractivity contribution in [2.75, 3.05) is 0 Å². The number of nitrogens with one attached hydrogen (secondary N) is 2. The second kappa shape index (κ2) is 6.91. The Bertz CT molecular complexity index is 1000. The maximum Gasteiger partial charge on any atom is 0.328 e. The Morgan fingerprint density at radius 2 is 2.00 bits per heavy atom. The minimum absolute atomic E-state index is 0.0951. The first-order chi connectivity index (χ1) is 12.0. The quantitative estimate of drug-likeness (QED) is 0.621. The van der Waals surface area contributed by atoms with Gasteiger partial charge >= 0.3 is 5.69 Å². The number of nitrogens with zero attached hydrogens (tertiary/aromatic N) is 5. The number of benzene rings is 1. The van der Waals surface area contributed by atoms with Crippen LogP contribution in [-0.4, -0.2) is 35.7 Å². The molecule has 128 valence electrons. The molecule has 1 aromatic carbocycles. The smallest absolute Gasteiger partial charge is 0.328 e. The highest BCUT2D eigenvalue weighted by Gasteiger charge is 2.11. The summed E-state index contributed by atoms with van der Waals surface area (Å²) in [6, 6.07) is 9.25. The number of hydrogen-bond acceptors (Lipinski definition) is 6. The first kappa shape index (κ1) is 16.3. The molecule has 2 heterocycles. The van der Waals surface area contributed by atoms with E-state index in [1.165, 1.54) is 10.9 Å². The minimum atomic E-state index is -0.639. The van der Waals surface area contributed by atoms with Gasteiger partial charge in [-0.05, 0) is 29.5 Å². The van der Waals surface area contributed by atoms with Gasteiger partial charge in [0.15, 0.2) is 5.82 Å². The molecular weight excluding hydrogens is 326 g/mol. The molecule has 0 aliphatic rings. The molecule has 10 heteroatoms. The molecule has 0 radical (unpaired) electrons. The predicted molar refractivity (Wildman–Crippen MR) is 87.1 cm³/mol. The molecule has 0 saturated heterocycles. The number of carbonyl (C=O) groups excluding carboxylic acids is 1. The average Bonchev–Trinajstić information content (AvgIpc) is 3.07. The summed E-state index contributed by atoms with van der Waals surface area (Å²) in [6.07, 6.45) is 1.34. The number of aromatic nitrogens is 6. The summed E-state index contributed by atoms with van der Waals surface area (Å²) in [5.41, 5.74) is 0.00760. The van der Waals surface area contributed by atoms with Gasteiger partial charge in [-0.2, -0.15) is 4.68 Å². The lowest BCUT2D eigenvalue weighted by molar-refractivity contribution is -0.121. The topological polar surface area (TPSA) is 128 Å². The Hall–Kier alpha value is -3.56. The van der Waals surface area contributed by atoms with Crippen molar-refractivity contribution in [3.05, 3.63) is 68.8 Å². The number of aryl methyl sites for hydroxylation is 1. The zero-order valence-corrected chi connectivity index (χ0v) is 13.3. The summed E-state index contributed by atoms with van der Waals surface area (Å²) in [5.74, 6) is 0.0423. The van der Waals surface area contributed by atoms with E-state index in [0.29, 0.717) is 11.4 Å². The molecule has 10 nitrogen and oxygen atoms in total. The normalized spacial score (nSPS) is 10.6. The highest BCUT2D eigenvalue weighted by molar-refractivity contribution is 5.75. The number of hydrogen-bond donors (Lipinski definition) is 2. The first-order valence-corrected chi connectivity index (χ1v) is 7.44. The van der Waals surface area contributed by atoms with Gasteiger partial charge < -0.3 is 5.32 Å². The Morgan fingerprint density at radius 3 is 2.76 bits per heavy atom. The van der Waals surface area contributed by atoms with Crippen molar-refractivity contribution < 1.29 is 4.79 Å². The molecule has 1 amide bonds. The highest BCUT2D eigenvalue weighted by atomic mass is 16.2. The number of aromatic amines is 1. The predicted octanol–water partition coefficient (Wildman–Crippen LogP) is -0.863. The van der Waals surface area contributed by atoms with Crippen LogP contribution in [0.25, 0.3) is 5.69 Å². The van der Waals surface area contributed by atoms with Crippen molar-refractivity contribution in [3.63, 3.8) is 0 Å². The van der Waals surface area contributed by atoms with Crippen molar-refractivity contribution in [1.82, 2.24) is 35.1 Å². The van der Waals surface area contributed by atoms with Gasteiger partial charge in [0.1, 0.15) is 6.54 Å². The van der Waals surface area contributed by atoms with E-state index in [1.807, 2.05) is 30.3 Å². The van der Waals surface area contributed by atoms with Crippen LogP contribution in [0.4, 0.5) is 0 Å². The van der Waals surface area contributed by atoms with Crippen molar-refractivity contribution in [3.8, 4) is 5.69 Å². The maximum absolute atomic E-state index is 12.1. The van der Waals surface area contributed by atoms with Gasteiger partial charge in [0.25, 0.3) is 5.56 Å². The van der Waals surface area contributed by atoms with Gasteiger partial charge in [-0.3, -0.25) is 19.1 Å². The highest BCUT2D eigenvalue weighted by Crippen LogP contribution is 2.06. The Labute approximate surface area is 141 Å². The van der Waals surface area contributed by atoms with E-state index in [9.17, 15) is 14.4 Å². The van der Waals surface area contributed by atoms with Crippen LogP contribution in [0.1, 0.15) is 11.4 Å². The van der Waals surface area contributed by atoms with Crippen LogP contribution in [0.3, 0.4) is 0 Å². The van der Waals surface area contributed by atoms with Gasteiger partial charge in [-0.1, -0.05) is 18.2 Å². The number of rotatable bonds is 5. The van der Waals surface area contributed by atoms with Gasteiger partial charge in [0.05, 0.1) is 12.2 Å². The Morgan fingerprint density at radius 1 is 1.24 bits per heavy atom. The van der Waals surface area contributed by atoms with E-state index in [2.05, 4.69) is 25.8 Å². The van der Waals surface area contributed by atoms with E-state index < -0.39 is 17.2 Å². The third kappa shape index (κ3) is 3.68. The molecule has 0 fully saturated rings. The van der Waals surface area contributed by atoms with Crippen molar-refractivity contribution in [2.24, 2.45) is 0 Å². The summed E-state index contributed by atoms with van der Waals surface area (Å²) in [6.45, 7) is 1.43. The van der Waals surface area contributed by atoms with Crippen LogP contribution in [0.5, 0.6) is 0 Å². The summed E-state index contributed by atoms with van der Waals surface area (Å²) >= 11 is 0. The van der Waals surface area contributed by atoms with E-state index >= 15 is 0 Å². The molecule has 0 aliphatic carbocycles. The molecule has 0 bridgehead atoms. The Kier molecular flexibility index (Phi) is 4.50. The molecule has 2 N–H and O–H groups in total. The summed E-state index contributed by atoms with van der Waals surface area (Å²) in [5, 5.41) is 14.0. The maximum atomic E-state index is 12.1. The fourth-order valence-corrected chi connectivity index (χ4v) is 2.21. The van der Waals surface area contributed by atoms with E-state index in [0.717, 1.165) is 10.3 Å². The van der Waals surface area contributed by atoms with Crippen molar-refractivity contribution in [2.45, 2.75) is 20.0 Å². The number of carbonyl (C=O) groups is 1. The first-order valence-electron chi connectivity index (χ1n) is 7.44. The van der Waals surface area contributed by atoms with E-state index in [-0.39, 0.29) is 13.1 Å². The third-order valence-corrected chi connectivity index (χ3v) is 3.48. The van der Waals surface area contributed by atoms with Gasteiger partial charge in [0.2, 0.25) is 5.91 Å². The molecule has 2 aromatic heterocycles. The largest absolute Gasteiger partial charge is 0.347 e. The number of H-pyrrole nitrogens is 1. The molecule has 3 rings (SSSR count). The van der Waals surface area contributed by atoms with Crippen LogP contribution in [0, 0.1) is 6.92 Å². The van der Waals surface area contributed by atoms with E-state index in [4.69, 9.17) is 0 Å². The summed E-state index contributed by atoms with van der Waals surface area (Å²) in [4.78, 5) is 37.2. The lowest BCUT2D eigenvalue weighted by atomic mass is 10.3. The zero-order valence-electron chi connectivity index (χ0n) is 13.3. The van der Waals surface area contributed by atoms with Gasteiger partial charge in [0, 0.05) is 11.8 Å². The van der Waals surface area contributed by atoms with Crippen LogP contribution in [0.15, 0.2) is 46.1 Å². The summed E-state index contributed by atoms with van der Waals surface area (Å²) in [7, 11) is 0. The molecule has 0 aliphatic heterocycles. The zero-order chi connectivity index (χ0) is 17.8. The van der Waals surface area contributed by atoms with Gasteiger partial charge in [-0.15, -0.1) is 5.10 Å². The Balaban J connectivity index is 1.68. The molecule has 25 heavy (non-hydrogen) atoms. The SMILES string of the molecule is Cc1cn(CC(=O)NCc2nnnn2-c2ccccc2)c(=O)[nH]c1=O.